The van der Waals surface area contributed by atoms with Gasteiger partial charge in [-0.15, -0.1) is 0 Å². The van der Waals surface area contributed by atoms with Crippen molar-refractivity contribution in [2.75, 3.05) is 45.6 Å². The molecule has 4 heteroatoms. The number of carbonyl (C=O) groups is 1. The summed E-state index contributed by atoms with van der Waals surface area (Å²) in [5.41, 5.74) is 3.28. The van der Waals surface area contributed by atoms with Crippen LogP contribution in [0.15, 0.2) is 18.2 Å². The standard InChI is InChI=1S/C19H31N3O/c1-15-5-6-18(16(2)13-15)20-19(23)14-22-11-8-17(9-12-22)7-10-21(3)4/h5-6,13,17H,7-12,14H2,1-4H3,(H,20,23). The minimum atomic E-state index is 0.101. The fraction of sp³-hybridized carbons (Fsp3) is 0.632. The van der Waals surface area contributed by atoms with E-state index in [0.717, 1.165) is 36.8 Å². The molecule has 1 aromatic carbocycles. The average molecular weight is 317 g/mol. The summed E-state index contributed by atoms with van der Waals surface area (Å²) in [5, 5.41) is 3.05. The Bertz CT molecular complexity index is 519. The van der Waals surface area contributed by atoms with E-state index >= 15 is 0 Å². The summed E-state index contributed by atoms with van der Waals surface area (Å²) in [6, 6.07) is 6.14. The Labute approximate surface area is 140 Å². The van der Waals surface area contributed by atoms with Gasteiger partial charge in [0.25, 0.3) is 0 Å². The molecular weight excluding hydrogens is 286 g/mol. The Hall–Kier alpha value is -1.39. The van der Waals surface area contributed by atoms with E-state index < -0.39 is 0 Å². The van der Waals surface area contributed by atoms with Crippen LogP contribution in [0.1, 0.15) is 30.4 Å². The smallest absolute Gasteiger partial charge is 0.238 e. The van der Waals surface area contributed by atoms with E-state index in [2.05, 4.69) is 42.2 Å². The number of hydrogen-bond acceptors (Lipinski definition) is 3. The van der Waals surface area contributed by atoms with Crippen molar-refractivity contribution in [3.8, 4) is 0 Å². The van der Waals surface area contributed by atoms with Crippen molar-refractivity contribution in [1.82, 2.24) is 9.80 Å². The molecule has 0 radical (unpaired) electrons. The van der Waals surface area contributed by atoms with E-state index in [4.69, 9.17) is 0 Å². The first-order valence-electron chi connectivity index (χ1n) is 8.68. The van der Waals surface area contributed by atoms with E-state index in [1.54, 1.807) is 0 Å². The zero-order chi connectivity index (χ0) is 16.8. The number of hydrogen-bond donors (Lipinski definition) is 1. The second kappa shape index (κ2) is 8.46. The first-order chi connectivity index (χ1) is 10.9. The lowest BCUT2D eigenvalue weighted by molar-refractivity contribution is -0.117. The molecule has 4 nitrogen and oxygen atoms in total. The van der Waals surface area contributed by atoms with Gasteiger partial charge < -0.3 is 10.2 Å². The van der Waals surface area contributed by atoms with Crippen LogP contribution in [0.25, 0.3) is 0 Å². The van der Waals surface area contributed by atoms with E-state index in [0.29, 0.717) is 6.54 Å². The fourth-order valence-corrected chi connectivity index (χ4v) is 3.22. The molecular formula is C19H31N3O. The Morgan fingerprint density at radius 1 is 1.26 bits per heavy atom. The van der Waals surface area contributed by atoms with Gasteiger partial charge in [-0.1, -0.05) is 17.7 Å². The van der Waals surface area contributed by atoms with Crippen LogP contribution >= 0.6 is 0 Å². The van der Waals surface area contributed by atoms with Crippen molar-refractivity contribution >= 4 is 11.6 Å². The predicted molar refractivity (Wildman–Crippen MR) is 96.9 cm³/mol. The molecule has 1 aromatic rings. The number of benzene rings is 1. The predicted octanol–water partition coefficient (Wildman–Crippen LogP) is 2.91. The summed E-state index contributed by atoms with van der Waals surface area (Å²) in [5.74, 6) is 0.916. The van der Waals surface area contributed by atoms with Crippen molar-refractivity contribution in [2.45, 2.75) is 33.1 Å². The molecule has 1 fully saturated rings. The molecule has 1 saturated heterocycles. The molecule has 0 atom stereocenters. The van der Waals surface area contributed by atoms with Crippen molar-refractivity contribution in [3.63, 3.8) is 0 Å². The van der Waals surface area contributed by atoms with Crippen molar-refractivity contribution in [2.24, 2.45) is 5.92 Å². The van der Waals surface area contributed by atoms with Crippen LogP contribution in [0.5, 0.6) is 0 Å². The van der Waals surface area contributed by atoms with Crippen molar-refractivity contribution in [3.05, 3.63) is 29.3 Å². The molecule has 1 aliphatic rings. The van der Waals surface area contributed by atoms with Crippen LogP contribution in [-0.2, 0) is 4.79 Å². The Morgan fingerprint density at radius 3 is 2.57 bits per heavy atom. The topological polar surface area (TPSA) is 35.6 Å². The van der Waals surface area contributed by atoms with Gasteiger partial charge in [0.05, 0.1) is 6.54 Å². The third kappa shape index (κ3) is 5.96. The molecule has 0 bridgehead atoms. The molecule has 1 N–H and O–H groups in total. The van der Waals surface area contributed by atoms with Crippen LogP contribution in [0.4, 0.5) is 5.69 Å². The minimum Gasteiger partial charge on any atom is -0.325 e. The van der Waals surface area contributed by atoms with Gasteiger partial charge >= 0.3 is 0 Å². The van der Waals surface area contributed by atoms with Crippen LogP contribution in [0.3, 0.4) is 0 Å². The van der Waals surface area contributed by atoms with Crippen molar-refractivity contribution in [1.29, 1.82) is 0 Å². The molecule has 0 aliphatic carbocycles. The maximum Gasteiger partial charge on any atom is 0.238 e. The zero-order valence-corrected chi connectivity index (χ0v) is 15.1. The second-order valence-electron chi connectivity index (χ2n) is 7.18. The number of carbonyl (C=O) groups excluding carboxylic acids is 1. The lowest BCUT2D eigenvalue weighted by atomic mass is 9.93. The number of amides is 1. The third-order valence-electron chi connectivity index (χ3n) is 4.71. The average Bonchev–Trinajstić information content (AvgIpc) is 2.49. The monoisotopic (exact) mass is 317 g/mol. The number of likely N-dealkylation sites (tertiary alicyclic amines) is 1. The van der Waals surface area contributed by atoms with E-state index in [1.807, 2.05) is 19.1 Å². The summed E-state index contributed by atoms with van der Waals surface area (Å²) in [7, 11) is 4.26. The van der Waals surface area contributed by atoms with Gasteiger partial charge in [-0.2, -0.15) is 0 Å². The molecule has 2 rings (SSSR count). The maximum atomic E-state index is 12.3. The summed E-state index contributed by atoms with van der Waals surface area (Å²) in [4.78, 5) is 16.8. The third-order valence-corrected chi connectivity index (χ3v) is 4.71. The molecule has 1 heterocycles. The summed E-state index contributed by atoms with van der Waals surface area (Å²) in [6.07, 6.45) is 3.70. The molecule has 0 spiro atoms. The molecule has 0 aromatic heterocycles. The number of aryl methyl sites for hydroxylation is 2. The quantitative estimate of drug-likeness (QED) is 0.876. The largest absolute Gasteiger partial charge is 0.325 e. The highest BCUT2D eigenvalue weighted by molar-refractivity contribution is 5.93. The summed E-state index contributed by atoms with van der Waals surface area (Å²) in [6.45, 7) is 7.86. The van der Waals surface area contributed by atoms with Crippen LogP contribution in [0, 0.1) is 19.8 Å². The van der Waals surface area contributed by atoms with Crippen LogP contribution in [0.2, 0.25) is 0 Å². The van der Waals surface area contributed by atoms with Gasteiger partial charge in [0.1, 0.15) is 0 Å². The van der Waals surface area contributed by atoms with Crippen LogP contribution < -0.4 is 5.32 Å². The summed E-state index contributed by atoms with van der Waals surface area (Å²) < 4.78 is 0. The Kier molecular flexibility index (Phi) is 6.60. The zero-order valence-electron chi connectivity index (χ0n) is 15.1. The van der Waals surface area contributed by atoms with Crippen molar-refractivity contribution < 1.29 is 4.79 Å². The van der Waals surface area contributed by atoms with Gasteiger partial charge in [0.15, 0.2) is 0 Å². The Balaban J connectivity index is 1.74. The van der Waals surface area contributed by atoms with E-state index in [1.165, 1.54) is 24.8 Å². The second-order valence-corrected chi connectivity index (χ2v) is 7.18. The number of piperidine rings is 1. The first kappa shape index (κ1) is 18.0. The van der Waals surface area contributed by atoms with Gasteiger partial charge in [0, 0.05) is 5.69 Å². The van der Waals surface area contributed by atoms with E-state index in [-0.39, 0.29) is 5.91 Å². The molecule has 0 unspecified atom stereocenters. The van der Waals surface area contributed by atoms with Gasteiger partial charge in [-0.3, -0.25) is 9.69 Å². The van der Waals surface area contributed by atoms with Gasteiger partial charge in [-0.25, -0.2) is 0 Å². The maximum absolute atomic E-state index is 12.3. The summed E-state index contributed by atoms with van der Waals surface area (Å²) >= 11 is 0. The van der Waals surface area contributed by atoms with E-state index in [9.17, 15) is 4.79 Å². The number of nitrogens with zero attached hydrogens (tertiary/aromatic N) is 2. The number of anilines is 1. The highest BCUT2D eigenvalue weighted by Gasteiger charge is 2.20. The highest BCUT2D eigenvalue weighted by Crippen LogP contribution is 2.21. The van der Waals surface area contributed by atoms with Gasteiger partial charge in [-0.05, 0) is 84.4 Å². The highest BCUT2D eigenvalue weighted by atomic mass is 16.2. The molecule has 0 saturated carbocycles. The number of nitrogens with one attached hydrogen (secondary N) is 1. The minimum absolute atomic E-state index is 0.101. The molecule has 1 amide bonds. The molecule has 1 aliphatic heterocycles. The lowest BCUT2D eigenvalue weighted by Crippen LogP contribution is -2.39. The lowest BCUT2D eigenvalue weighted by Gasteiger charge is -2.32. The normalized spacial score (nSPS) is 16.7. The van der Waals surface area contributed by atoms with Crippen LogP contribution in [-0.4, -0.2) is 56.0 Å². The van der Waals surface area contributed by atoms with Gasteiger partial charge in [0.2, 0.25) is 5.91 Å². The number of rotatable bonds is 6. The SMILES string of the molecule is Cc1ccc(NC(=O)CN2CCC(CCN(C)C)CC2)c(C)c1. The Morgan fingerprint density at radius 2 is 1.96 bits per heavy atom. The first-order valence-corrected chi connectivity index (χ1v) is 8.68. The molecule has 128 valence electrons. The molecule has 23 heavy (non-hydrogen) atoms. The fourth-order valence-electron chi connectivity index (χ4n) is 3.22.